The van der Waals surface area contributed by atoms with E-state index >= 15 is 0 Å². The van der Waals surface area contributed by atoms with Gasteiger partial charge < -0.3 is 19.5 Å². The van der Waals surface area contributed by atoms with Crippen LogP contribution in [0.15, 0.2) is 40.9 Å². The lowest BCUT2D eigenvalue weighted by molar-refractivity contribution is 0.0946. The van der Waals surface area contributed by atoms with E-state index in [-0.39, 0.29) is 5.91 Å². The van der Waals surface area contributed by atoms with E-state index in [4.69, 9.17) is 14.2 Å². The number of carbonyl (C=O) groups excluding carboxylic acids is 1. The minimum atomic E-state index is -0.184. The first-order valence-electron chi connectivity index (χ1n) is 9.94. The summed E-state index contributed by atoms with van der Waals surface area (Å²) in [6.45, 7) is 7.93. The average molecular weight is 464 g/mol. The monoisotopic (exact) mass is 463 g/mol. The number of nitrogens with one attached hydrogen (secondary N) is 1. The van der Waals surface area contributed by atoms with Gasteiger partial charge in [-0.3, -0.25) is 4.79 Å². The van der Waals surface area contributed by atoms with Gasteiger partial charge in [0.1, 0.15) is 5.75 Å². The Morgan fingerprint density at radius 2 is 1.76 bits per heavy atom. The van der Waals surface area contributed by atoms with Gasteiger partial charge in [-0.15, -0.1) is 0 Å². The minimum Gasteiger partial charge on any atom is -0.493 e. The highest BCUT2D eigenvalue weighted by Crippen LogP contribution is 2.28. The number of hydrogen-bond donors (Lipinski definition) is 1. The molecule has 6 heteroatoms. The second-order valence-corrected chi connectivity index (χ2v) is 8.10. The van der Waals surface area contributed by atoms with Gasteiger partial charge in [0.15, 0.2) is 11.5 Å². The maximum Gasteiger partial charge on any atom is 0.255 e. The summed E-state index contributed by atoms with van der Waals surface area (Å²) in [6.07, 6.45) is 1.86. The Bertz CT molecular complexity index is 807. The van der Waals surface area contributed by atoms with Crippen LogP contribution in [0.4, 0.5) is 0 Å². The zero-order valence-corrected chi connectivity index (χ0v) is 19.2. The highest BCUT2D eigenvalue weighted by atomic mass is 79.9. The molecule has 0 radical (unpaired) electrons. The number of ether oxygens (including phenoxy) is 3. The fourth-order valence-corrected chi connectivity index (χ4v) is 3.00. The van der Waals surface area contributed by atoms with Crippen LogP contribution < -0.4 is 19.5 Å². The van der Waals surface area contributed by atoms with Gasteiger partial charge in [-0.2, -0.15) is 0 Å². The Labute approximate surface area is 181 Å². The number of carbonyl (C=O) groups is 1. The standard InChI is InChI=1S/C23H30BrNO4/c1-5-11-28-21-8-6-17(13-22(21)27-4)15-25-23(26)19-14-18(24)7-9-20(19)29-12-10-16(2)3/h6-9,13-14,16H,5,10-12,15H2,1-4H3,(H,25,26). The predicted molar refractivity (Wildman–Crippen MR) is 119 cm³/mol. The van der Waals surface area contributed by atoms with E-state index in [2.05, 4.69) is 42.0 Å². The second-order valence-electron chi connectivity index (χ2n) is 7.19. The van der Waals surface area contributed by atoms with E-state index in [1.807, 2.05) is 30.3 Å². The summed E-state index contributed by atoms with van der Waals surface area (Å²) in [6, 6.07) is 11.2. The van der Waals surface area contributed by atoms with Crippen molar-refractivity contribution in [3.8, 4) is 17.2 Å². The first-order valence-corrected chi connectivity index (χ1v) is 10.7. The molecule has 0 saturated heterocycles. The summed E-state index contributed by atoms with van der Waals surface area (Å²) in [5, 5.41) is 2.96. The minimum absolute atomic E-state index is 0.184. The molecule has 5 nitrogen and oxygen atoms in total. The van der Waals surface area contributed by atoms with Crippen molar-refractivity contribution in [2.24, 2.45) is 5.92 Å². The van der Waals surface area contributed by atoms with Crippen molar-refractivity contribution in [1.29, 1.82) is 0 Å². The predicted octanol–water partition coefficient (Wildman–Crippen LogP) is 5.60. The highest BCUT2D eigenvalue weighted by Gasteiger charge is 2.14. The van der Waals surface area contributed by atoms with Crippen LogP contribution in [0.1, 0.15) is 49.5 Å². The van der Waals surface area contributed by atoms with E-state index in [9.17, 15) is 4.79 Å². The van der Waals surface area contributed by atoms with Gasteiger partial charge in [-0.05, 0) is 54.7 Å². The van der Waals surface area contributed by atoms with E-state index in [0.717, 1.165) is 22.9 Å². The molecule has 0 heterocycles. The van der Waals surface area contributed by atoms with Gasteiger partial charge in [0.25, 0.3) is 5.91 Å². The summed E-state index contributed by atoms with van der Waals surface area (Å²) in [5.41, 5.74) is 1.44. The van der Waals surface area contributed by atoms with Gasteiger partial charge in [-0.1, -0.05) is 42.8 Å². The van der Waals surface area contributed by atoms with E-state index in [1.54, 1.807) is 13.2 Å². The molecule has 0 unspecified atom stereocenters. The topological polar surface area (TPSA) is 56.8 Å². The van der Waals surface area contributed by atoms with Crippen LogP contribution in [0.3, 0.4) is 0 Å². The van der Waals surface area contributed by atoms with Crippen LogP contribution in [0, 0.1) is 5.92 Å². The number of amides is 1. The molecule has 2 rings (SSSR count). The number of rotatable bonds is 11. The van der Waals surface area contributed by atoms with Crippen LogP contribution >= 0.6 is 15.9 Å². The fraction of sp³-hybridized carbons (Fsp3) is 0.435. The van der Waals surface area contributed by atoms with Gasteiger partial charge in [0.05, 0.1) is 25.9 Å². The average Bonchev–Trinajstić information content (AvgIpc) is 2.71. The second kappa shape index (κ2) is 11.7. The molecule has 0 spiro atoms. The zero-order chi connectivity index (χ0) is 21.2. The molecule has 2 aromatic rings. The van der Waals surface area contributed by atoms with Crippen LogP contribution in [0.2, 0.25) is 0 Å². The maximum atomic E-state index is 12.8. The lowest BCUT2D eigenvalue weighted by Gasteiger charge is -2.14. The van der Waals surface area contributed by atoms with Crippen molar-refractivity contribution in [2.75, 3.05) is 20.3 Å². The number of halogens is 1. The largest absolute Gasteiger partial charge is 0.493 e. The van der Waals surface area contributed by atoms with Gasteiger partial charge >= 0.3 is 0 Å². The summed E-state index contributed by atoms with van der Waals surface area (Å²) >= 11 is 3.43. The molecule has 0 aliphatic heterocycles. The van der Waals surface area contributed by atoms with Crippen LogP contribution in [0.25, 0.3) is 0 Å². The van der Waals surface area contributed by atoms with Gasteiger partial charge in [-0.25, -0.2) is 0 Å². The lowest BCUT2D eigenvalue weighted by Crippen LogP contribution is -2.23. The first-order chi connectivity index (χ1) is 13.9. The number of hydrogen-bond acceptors (Lipinski definition) is 4. The lowest BCUT2D eigenvalue weighted by atomic mass is 10.1. The number of methoxy groups -OCH3 is 1. The Balaban J connectivity index is 2.05. The van der Waals surface area contributed by atoms with Gasteiger partial charge in [0, 0.05) is 11.0 Å². The molecular formula is C23H30BrNO4. The summed E-state index contributed by atoms with van der Waals surface area (Å²) < 4.78 is 17.8. The number of benzene rings is 2. The molecule has 1 amide bonds. The van der Waals surface area contributed by atoms with Crippen molar-refractivity contribution in [3.05, 3.63) is 52.0 Å². The molecule has 0 atom stereocenters. The van der Waals surface area contributed by atoms with Crippen molar-refractivity contribution in [3.63, 3.8) is 0 Å². The van der Waals surface area contributed by atoms with Crippen LogP contribution in [-0.2, 0) is 6.54 Å². The SMILES string of the molecule is CCCOc1ccc(CNC(=O)c2cc(Br)ccc2OCCC(C)C)cc1OC. The van der Waals surface area contributed by atoms with E-state index in [1.165, 1.54) is 0 Å². The molecule has 0 fully saturated rings. The molecule has 0 bridgehead atoms. The Kier molecular flexibility index (Phi) is 9.32. The summed E-state index contributed by atoms with van der Waals surface area (Å²) in [5.74, 6) is 2.31. The van der Waals surface area contributed by atoms with Crippen molar-refractivity contribution >= 4 is 21.8 Å². The molecule has 29 heavy (non-hydrogen) atoms. The quantitative estimate of drug-likeness (QED) is 0.470. The van der Waals surface area contributed by atoms with E-state index < -0.39 is 0 Å². The van der Waals surface area contributed by atoms with Gasteiger partial charge in [0.2, 0.25) is 0 Å². The smallest absolute Gasteiger partial charge is 0.255 e. The Hall–Kier alpha value is -2.21. The summed E-state index contributed by atoms with van der Waals surface area (Å²) in [7, 11) is 1.61. The Morgan fingerprint density at radius 1 is 1.03 bits per heavy atom. The third-order valence-electron chi connectivity index (χ3n) is 4.28. The zero-order valence-electron chi connectivity index (χ0n) is 17.6. The van der Waals surface area contributed by atoms with E-state index in [0.29, 0.717) is 48.5 Å². The molecular weight excluding hydrogens is 434 g/mol. The molecule has 0 aliphatic rings. The maximum absolute atomic E-state index is 12.8. The van der Waals surface area contributed by atoms with Crippen LogP contribution in [-0.4, -0.2) is 26.2 Å². The Morgan fingerprint density at radius 3 is 2.45 bits per heavy atom. The molecule has 2 aromatic carbocycles. The molecule has 158 valence electrons. The molecule has 0 aromatic heterocycles. The normalized spacial score (nSPS) is 10.7. The fourth-order valence-electron chi connectivity index (χ4n) is 2.64. The molecule has 0 saturated carbocycles. The first kappa shape index (κ1) is 23.1. The van der Waals surface area contributed by atoms with Crippen molar-refractivity contribution < 1.29 is 19.0 Å². The van der Waals surface area contributed by atoms with Crippen molar-refractivity contribution in [2.45, 2.75) is 40.2 Å². The van der Waals surface area contributed by atoms with Crippen molar-refractivity contribution in [1.82, 2.24) is 5.32 Å². The molecule has 1 N–H and O–H groups in total. The highest BCUT2D eigenvalue weighted by molar-refractivity contribution is 9.10. The van der Waals surface area contributed by atoms with Crippen LogP contribution in [0.5, 0.6) is 17.2 Å². The summed E-state index contributed by atoms with van der Waals surface area (Å²) in [4.78, 5) is 12.8. The third kappa shape index (κ3) is 7.28. The third-order valence-corrected chi connectivity index (χ3v) is 4.78. The molecule has 0 aliphatic carbocycles.